The fraction of sp³-hybridized carbons (Fsp3) is 0.455. The molecular weight excluding hydrogens is 328 g/mol. The number of hydrogen-bond acceptors (Lipinski definition) is 4. The largest absolute Gasteiger partial charge is 0.491 e. The molecule has 0 saturated carbocycles. The molecule has 1 aliphatic rings. The van der Waals surface area contributed by atoms with E-state index < -0.39 is 0 Å². The van der Waals surface area contributed by atoms with Gasteiger partial charge in [-0.05, 0) is 47.2 Å². The van der Waals surface area contributed by atoms with E-state index in [2.05, 4.69) is 38.1 Å². The molecular formula is C22H28O4. The Morgan fingerprint density at radius 3 is 1.81 bits per heavy atom. The van der Waals surface area contributed by atoms with Crippen LogP contribution in [0, 0.1) is 0 Å². The Kier molecular flexibility index (Phi) is 6.53. The first-order valence-corrected chi connectivity index (χ1v) is 9.23. The SMILES string of the molecule is COCCOc1ccc([C@H](C)C(C)c2ccc(OC[C@H]3CO3)cc2)cc1. The second-order valence-electron chi connectivity index (χ2n) is 6.82. The molecule has 0 aromatic heterocycles. The van der Waals surface area contributed by atoms with Crippen LogP contribution in [0.25, 0.3) is 0 Å². The molecule has 1 aliphatic heterocycles. The highest BCUT2D eigenvalue weighted by molar-refractivity contribution is 5.34. The maximum atomic E-state index is 5.72. The highest BCUT2D eigenvalue weighted by Gasteiger charge is 2.23. The summed E-state index contributed by atoms with van der Waals surface area (Å²) in [6.07, 6.45) is 0.287. The van der Waals surface area contributed by atoms with E-state index >= 15 is 0 Å². The lowest BCUT2D eigenvalue weighted by atomic mass is 9.84. The number of rotatable bonds is 10. The third-order valence-electron chi connectivity index (χ3n) is 4.96. The summed E-state index contributed by atoms with van der Waals surface area (Å²) in [6.45, 7) is 7.17. The molecule has 26 heavy (non-hydrogen) atoms. The van der Waals surface area contributed by atoms with Gasteiger partial charge in [0.2, 0.25) is 0 Å². The average Bonchev–Trinajstić information content (AvgIpc) is 3.51. The summed E-state index contributed by atoms with van der Waals surface area (Å²) in [5.41, 5.74) is 2.62. The monoisotopic (exact) mass is 356 g/mol. The second kappa shape index (κ2) is 9.06. The summed E-state index contributed by atoms with van der Waals surface area (Å²) in [7, 11) is 1.68. The van der Waals surface area contributed by atoms with Gasteiger partial charge >= 0.3 is 0 Å². The fourth-order valence-corrected chi connectivity index (χ4v) is 2.91. The Hall–Kier alpha value is -2.04. The Morgan fingerprint density at radius 1 is 0.846 bits per heavy atom. The Morgan fingerprint density at radius 2 is 1.35 bits per heavy atom. The molecule has 3 atom stereocenters. The van der Waals surface area contributed by atoms with E-state index in [0.717, 1.165) is 18.1 Å². The Labute approximate surface area is 156 Å². The summed E-state index contributed by atoms with van der Waals surface area (Å²) in [5.74, 6) is 2.61. The molecule has 4 nitrogen and oxygen atoms in total. The number of methoxy groups -OCH3 is 1. The molecule has 1 unspecified atom stereocenters. The zero-order chi connectivity index (χ0) is 18.4. The van der Waals surface area contributed by atoms with Crippen molar-refractivity contribution >= 4 is 0 Å². The van der Waals surface area contributed by atoms with Gasteiger partial charge in [-0.15, -0.1) is 0 Å². The van der Waals surface area contributed by atoms with Crippen molar-refractivity contribution in [2.24, 2.45) is 0 Å². The van der Waals surface area contributed by atoms with Gasteiger partial charge in [-0.2, -0.15) is 0 Å². The summed E-state index contributed by atoms with van der Waals surface area (Å²) in [4.78, 5) is 0. The van der Waals surface area contributed by atoms with Crippen LogP contribution >= 0.6 is 0 Å². The molecule has 4 heteroatoms. The number of benzene rings is 2. The van der Waals surface area contributed by atoms with Crippen molar-refractivity contribution in [2.75, 3.05) is 33.5 Å². The van der Waals surface area contributed by atoms with Gasteiger partial charge in [0, 0.05) is 7.11 Å². The third kappa shape index (κ3) is 5.23. The quantitative estimate of drug-likeness (QED) is 0.467. The summed E-state index contributed by atoms with van der Waals surface area (Å²) in [5, 5.41) is 0. The second-order valence-corrected chi connectivity index (χ2v) is 6.82. The number of epoxide rings is 1. The lowest BCUT2D eigenvalue weighted by Crippen LogP contribution is -2.07. The standard InChI is InChI=1S/C22H28O4/c1-16(18-4-8-20(9-5-18)24-13-12-23-3)17(2)19-6-10-21(11-7-19)25-14-22-15-26-22/h4-11,16-17,22H,12-15H2,1-3H3/t16-,17?,22+/m1/s1. The van der Waals surface area contributed by atoms with Crippen molar-refractivity contribution in [3.63, 3.8) is 0 Å². The molecule has 0 amide bonds. The van der Waals surface area contributed by atoms with Crippen LogP contribution in [0.5, 0.6) is 11.5 Å². The highest BCUT2D eigenvalue weighted by atomic mass is 16.6. The van der Waals surface area contributed by atoms with Crippen molar-refractivity contribution in [3.05, 3.63) is 59.7 Å². The minimum absolute atomic E-state index is 0.287. The molecule has 0 spiro atoms. The van der Waals surface area contributed by atoms with Crippen molar-refractivity contribution in [1.29, 1.82) is 0 Å². The summed E-state index contributed by atoms with van der Waals surface area (Å²) in [6, 6.07) is 16.8. The van der Waals surface area contributed by atoms with Gasteiger partial charge in [0.15, 0.2) is 0 Å². The number of hydrogen-bond donors (Lipinski definition) is 0. The van der Waals surface area contributed by atoms with Gasteiger partial charge < -0.3 is 18.9 Å². The molecule has 2 aromatic rings. The van der Waals surface area contributed by atoms with Crippen molar-refractivity contribution in [1.82, 2.24) is 0 Å². The van der Waals surface area contributed by atoms with Gasteiger partial charge in [0.05, 0.1) is 13.2 Å². The molecule has 1 heterocycles. The van der Waals surface area contributed by atoms with E-state index in [9.17, 15) is 0 Å². The average molecular weight is 356 g/mol. The molecule has 140 valence electrons. The Bertz CT molecular complexity index is 662. The van der Waals surface area contributed by atoms with Gasteiger partial charge in [-0.3, -0.25) is 0 Å². The first-order chi connectivity index (χ1) is 12.7. The molecule has 0 bridgehead atoms. The van der Waals surface area contributed by atoms with Crippen LogP contribution in [0.4, 0.5) is 0 Å². The van der Waals surface area contributed by atoms with Crippen LogP contribution in [-0.4, -0.2) is 39.6 Å². The molecule has 0 N–H and O–H groups in total. The predicted octanol–water partition coefficient (Wildman–Crippen LogP) is 4.40. The minimum atomic E-state index is 0.287. The predicted molar refractivity (Wildman–Crippen MR) is 102 cm³/mol. The fourth-order valence-electron chi connectivity index (χ4n) is 2.91. The van der Waals surface area contributed by atoms with E-state index in [-0.39, 0.29) is 6.10 Å². The van der Waals surface area contributed by atoms with E-state index in [1.165, 1.54) is 11.1 Å². The van der Waals surface area contributed by atoms with Gasteiger partial charge in [0.25, 0.3) is 0 Å². The van der Waals surface area contributed by atoms with Crippen molar-refractivity contribution in [2.45, 2.75) is 31.8 Å². The summed E-state index contributed by atoms with van der Waals surface area (Å²) < 4.78 is 21.5. The number of ether oxygens (including phenoxy) is 4. The lowest BCUT2D eigenvalue weighted by Gasteiger charge is -2.21. The van der Waals surface area contributed by atoms with Gasteiger partial charge in [-0.25, -0.2) is 0 Å². The zero-order valence-corrected chi connectivity index (χ0v) is 15.8. The van der Waals surface area contributed by atoms with E-state index in [1.54, 1.807) is 7.11 Å². The minimum Gasteiger partial charge on any atom is -0.491 e. The molecule has 0 aliphatic carbocycles. The topological polar surface area (TPSA) is 40.2 Å². The van der Waals surface area contributed by atoms with Crippen LogP contribution in [0.15, 0.2) is 48.5 Å². The van der Waals surface area contributed by atoms with Crippen LogP contribution in [0.1, 0.15) is 36.8 Å². The van der Waals surface area contributed by atoms with E-state index in [4.69, 9.17) is 18.9 Å². The van der Waals surface area contributed by atoms with E-state index in [0.29, 0.717) is 31.7 Å². The summed E-state index contributed by atoms with van der Waals surface area (Å²) >= 11 is 0. The maximum Gasteiger partial charge on any atom is 0.119 e. The van der Waals surface area contributed by atoms with E-state index in [1.807, 2.05) is 24.3 Å². The molecule has 2 aromatic carbocycles. The maximum absolute atomic E-state index is 5.72. The first-order valence-electron chi connectivity index (χ1n) is 9.23. The molecule has 1 saturated heterocycles. The van der Waals surface area contributed by atoms with Crippen molar-refractivity contribution in [3.8, 4) is 11.5 Å². The Balaban J connectivity index is 1.56. The van der Waals surface area contributed by atoms with Crippen LogP contribution in [0.3, 0.4) is 0 Å². The van der Waals surface area contributed by atoms with Crippen LogP contribution < -0.4 is 9.47 Å². The first kappa shape index (κ1) is 18.7. The van der Waals surface area contributed by atoms with Crippen molar-refractivity contribution < 1.29 is 18.9 Å². The van der Waals surface area contributed by atoms with Crippen LogP contribution in [0.2, 0.25) is 0 Å². The highest BCUT2D eigenvalue weighted by Crippen LogP contribution is 2.33. The van der Waals surface area contributed by atoms with Gasteiger partial charge in [0.1, 0.15) is 30.8 Å². The molecule has 0 radical (unpaired) electrons. The molecule has 1 fully saturated rings. The zero-order valence-electron chi connectivity index (χ0n) is 15.8. The normalized spacial score (nSPS) is 18.2. The van der Waals surface area contributed by atoms with Crippen LogP contribution in [-0.2, 0) is 9.47 Å². The third-order valence-corrected chi connectivity index (χ3v) is 4.96. The smallest absolute Gasteiger partial charge is 0.119 e. The lowest BCUT2D eigenvalue weighted by molar-refractivity contribution is 0.146. The molecule has 3 rings (SSSR count). The van der Waals surface area contributed by atoms with Gasteiger partial charge in [-0.1, -0.05) is 38.1 Å².